The van der Waals surface area contributed by atoms with Crippen LogP contribution in [0.5, 0.6) is 0 Å². The summed E-state index contributed by atoms with van der Waals surface area (Å²) >= 11 is 0. The number of aryl methyl sites for hydroxylation is 1. The van der Waals surface area contributed by atoms with Crippen molar-refractivity contribution in [2.45, 2.75) is 39.2 Å². The number of carboxylic acid groups (broad SMARTS) is 1. The third kappa shape index (κ3) is 5.48. The van der Waals surface area contributed by atoms with E-state index < -0.39 is 5.97 Å². The van der Waals surface area contributed by atoms with Gasteiger partial charge in [0, 0.05) is 12.5 Å². The summed E-state index contributed by atoms with van der Waals surface area (Å²) in [6, 6.07) is 7.68. The SMILES string of the molecule is Cc1ccc(CC(=O)NC(C)CCC(=O)O)cc1. The van der Waals surface area contributed by atoms with Crippen molar-refractivity contribution in [2.75, 3.05) is 0 Å². The van der Waals surface area contributed by atoms with Crippen LogP contribution < -0.4 is 5.32 Å². The molecule has 4 nitrogen and oxygen atoms in total. The van der Waals surface area contributed by atoms with Gasteiger partial charge in [0.1, 0.15) is 0 Å². The van der Waals surface area contributed by atoms with E-state index in [4.69, 9.17) is 5.11 Å². The Bertz CT molecular complexity index is 412. The molecule has 2 N–H and O–H groups in total. The fourth-order valence-electron chi connectivity index (χ4n) is 1.63. The Labute approximate surface area is 107 Å². The largest absolute Gasteiger partial charge is 0.481 e. The summed E-state index contributed by atoms with van der Waals surface area (Å²) in [5, 5.41) is 11.3. The highest BCUT2D eigenvalue weighted by atomic mass is 16.4. The Morgan fingerprint density at radius 3 is 2.44 bits per heavy atom. The number of hydrogen-bond donors (Lipinski definition) is 2. The summed E-state index contributed by atoms with van der Waals surface area (Å²) in [4.78, 5) is 22.1. The fourth-order valence-corrected chi connectivity index (χ4v) is 1.63. The van der Waals surface area contributed by atoms with E-state index in [0.717, 1.165) is 11.1 Å². The van der Waals surface area contributed by atoms with Gasteiger partial charge in [-0.1, -0.05) is 29.8 Å². The van der Waals surface area contributed by atoms with Gasteiger partial charge in [-0.3, -0.25) is 9.59 Å². The van der Waals surface area contributed by atoms with E-state index in [0.29, 0.717) is 12.8 Å². The molecule has 18 heavy (non-hydrogen) atoms. The molecule has 1 atom stereocenters. The summed E-state index contributed by atoms with van der Waals surface area (Å²) in [5.74, 6) is -0.911. The van der Waals surface area contributed by atoms with Crippen molar-refractivity contribution in [3.8, 4) is 0 Å². The number of nitrogens with one attached hydrogen (secondary N) is 1. The lowest BCUT2D eigenvalue weighted by Crippen LogP contribution is -2.34. The van der Waals surface area contributed by atoms with E-state index in [2.05, 4.69) is 5.32 Å². The van der Waals surface area contributed by atoms with Gasteiger partial charge in [0.2, 0.25) is 5.91 Å². The average Bonchev–Trinajstić information content (AvgIpc) is 2.29. The molecular weight excluding hydrogens is 230 g/mol. The highest BCUT2D eigenvalue weighted by Crippen LogP contribution is 2.04. The standard InChI is InChI=1S/C14H19NO3/c1-10-3-6-12(7-4-10)9-13(16)15-11(2)5-8-14(17)18/h3-4,6-7,11H,5,8-9H2,1-2H3,(H,15,16)(H,17,18). The topological polar surface area (TPSA) is 66.4 Å². The molecule has 0 fully saturated rings. The van der Waals surface area contributed by atoms with Gasteiger partial charge in [-0.2, -0.15) is 0 Å². The van der Waals surface area contributed by atoms with E-state index in [1.807, 2.05) is 38.1 Å². The van der Waals surface area contributed by atoms with Crippen LogP contribution in [0.3, 0.4) is 0 Å². The quantitative estimate of drug-likeness (QED) is 0.809. The highest BCUT2D eigenvalue weighted by Gasteiger charge is 2.09. The predicted molar refractivity (Wildman–Crippen MR) is 69.4 cm³/mol. The molecule has 0 aliphatic rings. The summed E-state index contributed by atoms with van der Waals surface area (Å²) in [6.45, 7) is 3.81. The second-order valence-electron chi connectivity index (χ2n) is 4.56. The first kappa shape index (κ1) is 14.2. The number of aliphatic carboxylic acids is 1. The number of amides is 1. The molecule has 0 aliphatic carbocycles. The Hall–Kier alpha value is -1.84. The fraction of sp³-hybridized carbons (Fsp3) is 0.429. The van der Waals surface area contributed by atoms with Crippen LogP contribution in [0, 0.1) is 6.92 Å². The van der Waals surface area contributed by atoms with E-state index in [1.165, 1.54) is 0 Å². The first-order chi connectivity index (χ1) is 8.47. The molecule has 1 amide bonds. The van der Waals surface area contributed by atoms with Gasteiger partial charge in [-0.05, 0) is 25.8 Å². The molecule has 0 spiro atoms. The maximum atomic E-state index is 11.7. The lowest BCUT2D eigenvalue weighted by atomic mass is 10.1. The van der Waals surface area contributed by atoms with Crippen LogP contribution in [0.2, 0.25) is 0 Å². The average molecular weight is 249 g/mol. The predicted octanol–water partition coefficient (Wildman–Crippen LogP) is 1.91. The zero-order chi connectivity index (χ0) is 13.5. The molecule has 1 aromatic rings. The van der Waals surface area contributed by atoms with Gasteiger partial charge in [0.25, 0.3) is 0 Å². The van der Waals surface area contributed by atoms with Crippen molar-refractivity contribution in [3.05, 3.63) is 35.4 Å². The van der Waals surface area contributed by atoms with Gasteiger partial charge >= 0.3 is 5.97 Å². The van der Waals surface area contributed by atoms with Crippen molar-refractivity contribution in [1.29, 1.82) is 0 Å². The van der Waals surface area contributed by atoms with Crippen molar-refractivity contribution in [2.24, 2.45) is 0 Å². The monoisotopic (exact) mass is 249 g/mol. The number of rotatable bonds is 6. The maximum Gasteiger partial charge on any atom is 0.303 e. The van der Waals surface area contributed by atoms with E-state index in [1.54, 1.807) is 0 Å². The van der Waals surface area contributed by atoms with Crippen LogP contribution in [-0.4, -0.2) is 23.0 Å². The molecule has 1 aromatic carbocycles. The number of benzene rings is 1. The molecule has 0 bridgehead atoms. The number of carboxylic acids is 1. The van der Waals surface area contributed by atoms with Crippen molar-refractivity contribution in [3.63, 3.8) is 0 Å². The second kappa shape index (κ2) is 6.79. The molecule has 1 unspecified atom stereocenters. The zero-order valence-corrected chi connectivity index (χ0v) is 10.8. The van der Waals surface area contributed by atoms with Crippen molar-refractivity contribution in [1.82, 2.24) is 5.32 Å². The minimum Gasteiger partial charge on any atom is -0.481 e. The molecular formula is C14H19NO3. The molecule has 0 aliphatic heterocycles. The lowest BCUT2D eigenvalue weighted by molar-refractivity contribution is -0.137. The lowest BCUT2D eigenvalue weighted by Gasteiger charge is -2.12. The van der Waals surface area contributed by atoms with Crippen LogP contribution in [0.1, 0.15) is 30.9 Å². The van der Waals surface area contributed by atoms with Gasteiger partial charge < -0.3 is 10.4 Å². The van der Waals surface area contributed by atoms with Gasteiger partial charge in [-0.25, -0.2) is 0 Å². The smallest absolute Gasteiger partial charge is 0.303 e. The third-order valence-electron chi connectivity index (χ3n) is 2.68. The van der Waals surface area contributed by atoms with Gasteiger partial charge in [0.05, 0.1) is 6.42 Å². The molecule has 4 heteroatoms. The summed E-state index contributed by atoms with van der Waals surface area (Å²) in [7, 11) is 0. The first-order valence-electron chi connectivity index (χ1n) is 6.04. The normalized spacial score (nSPS) is 11.9. The Balaban J connectivity index is 2.37. The Kier molecular flexibility index (Phi) is 5.36. The molecule has 0 aromatic heterocycles. The number of hydrogen-bond acceptors (Lipinski definition) is 2. The molecule has 0 saturated carbocycles. The molecule has 98 valence electrons. The molecule has 0 heterocycles. The van der Waals surface area contributed by atoms with Gasteiger partial charge in [0.15, 0.2) is 0 Å². The Morgan fingerprint density at radius 1 is 1.28 bits per heavy atom. The van der Waals surface area contributed by atoms with E-state index >= 15 is 0 Å². The van der Waals surface area contributed by atoms with Gasteiger partial charge in [-0.15, -0.1) is 0 Å². The number of carbonyl (C=O) groups excluding carboxylic acids is 1. The van der Waals surface area contributed by atoms with E-state index in [-0.39, 0.29) is 18.4 Å². The molecule has 0 radical (unpaired) electrons. The van der Waals surface area contributed by atoms with Crippen LogP contribution in [-0.2, 0) is 16.0 Å². The van der Waals surface area contributed by atoms with Crippen molar-refractivity contribution < 1.29 is 14.7 Å². The minimum absolute atomic E-state index is 0.0725. The Morgan fingerprint density at radius 2 is 1.89 bits per heavy atom. The summed E-state index contributed by atoms with van der Waals surface area (Å²) in [5.41, 5.74) is 2.12. The number of carbonyl (C=O) groups is 2. The highest BCUT2D eigenvalue weighted by molar-refractivity contribution is 5.78. The van der Waals surface area contributed by atoms with Crippen LogP contribution in [0.15, 0.2) is 24.3 Å². The maximum absolute atomic E-state index is 11.7. The second-order valence-corrected chi connectivity index (χ2v) is 4.56. The minimum atomic E-state index is -0.838. The van der Waals surface area contributed by atoms with Crippen LogP contribution in [0.4, 0.5) is 0 Å². The first-order valence-corrected chi connectivity index (χ1v) is 6.04. The molecule has 1 rings (SSSR count). The third-order valence-corrected chi connectivity index (χ3v) is 2.68. The van der Waals surface area contributed by atoms with Crippen LogP contribution >= 0.6 is 0 Å². The van der Waals surface area contributed by atoms with Crippen LogP contribution in [0.25, 0.3) is 0 Å². The summed E-state index contributed by atoms with van der Waals surface area (Å²) in [6.07, 6.45) is 0.860. The summed E-state index contributed by atoms with van der Waals surface area (Å²) < 4.78 is 0. The zero-order valence-electron chi connectivity index (χ0n) is 10.8. The van der Waals surface area contributed by atoms with E-state index in [9.17, 15) is 9.59 Å². The van der Waals surface area contributed by atoms with Crippen molar-refractivity contribution >= 4 is 11.9 Å². The molecule has 0 saturated heterocycles.